The highest BCUT2D eigenvalue weighted by Gasteiger charge is 2.14. The Balaban J connectivity index is 2.05. The van der Waals surface area contributed by atoms with E-state index < -0.39 is 17.7 Å². The molecule has 2 rings (SSSR count). The number of nitrogens with zero attached hydrogens (tertiary/aromatic N) is 3. The molecule has 1 unspecified atom stereocenters. The van der Waals surface area contributed by atoms with E-state index in [1.54, 1.807) is 0 Å². The van der Waals surface area contributed by atoms with Gasteiger partial charge in [-0.05, 0) is 13.0 Å². The van der Waals surface area contributed by atoms with Crippen molar-refractivity contribution in [2.45, 2.75) is 18.1 Å². The molecule has 0 saturated carbocycles. The zero-order chi connectivity index (χ0) is 14.0. The van der Waals surface area contributed by atoms with Crippen LogP contribution in [0.25, 0.3) is 0 Å². The quantitative estimate of drug-likeness (QED) is 0.874. The second-order valence-electron chi connectivity index (χ2n) is 4.17. The van der Waals surface area contributed by atoms with E-state index >= 15 is 0 Å². The summed E-state index contributed by atoms with van der Waals surface area (Å²) in [4.78, 5) is 0. The van der Waals surface area contributed by atoms with Gasteiger partial charge in [0, 0.05) is 30.5 Å². The predicted molar refractivity (Wildman–Crippen MR) is 69.8 cm³/mol. The van der Waals surface area contributed by atoms with Crippen molar-refractivity contribution in [2.75, 3.05) is 5.75 Å². The van der Waals surface area contributed by atoms with Gasteiger partial charge in [0.2, 0.25) is 0 Å². The number of hydrogen-bond donors (Lipinski definition) is 1. The summed E-state index contributed by atoms with van der Waals surface area (Å²) in [6.07, 6.45) is 0. The highest BCUT2D eigenvalue weighted by molar-refractivity contribution is 7.99. The minimum Gasteiger partial charge on any atom is -0.323 e. The minimum absolute atomic E-state index is 0.299. The Morgan fingerprint density at radius 2 is 2.11 bits per heavy atom. The number of nitrogens with two attached hydrogens (primary N) is 1. The Labute approximate surface area is 114 Å². The first kappa shape index (κ1) is 14.0. The van der Waals surface area contributed by atoms with Crippen molar-refractivity contribution >= 4 is 11.8 Å². The lowest BCUT2D eigenvalue weighted by atomic mass is 10.1. The van der Waals surface area contributed by atoms with E-state index in [-0.39, 0.29) is 0 Å². The van der Waals surface area contributed by atoms with Crippen molar-refractivity contribution in [3.05, 3.63) is 41.2 Å². The van der Waals surface area contributed by atoms with Gasteiger partial charge in [-0.15, -0.1) is 10.2 Å². The lowest BCUT2D eigenvalue weighted by molar-refractivity contribution is 0.563. The summed E-state index contributed by atoms with van der Waals surface area (Å²) in [5.74, 6) is 0.00504. The van der Waals surface area contributed by atoms with Crippen molar-refractivity contribution in [1.29, 1.82) is 0 Å². The molecule has 2 N–H and O–H groups in total. The highest BCUT2D eigenvalue weighted by Crippen LogP contribution is 2.24. The van der Waals surface area contributed by atoms with Gasteiger partial charge >= 0.3 is 0 Å². The smallest absolute Gasteiger partial charge is 0.191 e. The van der Waals surface area contributed by atoms with Gasteiger partial charge in [0.15, 0.2) is 5.16 Å². The molecule has 0 bridgehead atoms. The van der Waals surface area contributed by atoms with Gasteiger partial charge in [-0.2, -0.15) is 0 Å². The van der Waals surface area contributed by atoms with Crippen LogP contribution >= 0.6 is 11.8 Å². The number of aromatic nitrogens is 3. The molecule has 2 aromatic rings. The van der Waals surface area contributed by atoms with E-state index in [0.29, 0.717) is 11.3 Å². The zero-order valence-corrected chi connectivity index (χ0v) is 11.4. The van der Waals surface area contributed by atoms with Crippen LogP contribution in [0.3, 0.4) is 0 Å². The molecule has 102 valence electrons. The van der Waals surface area contributed by atoms with Crippen LogP contribution in [-0.4, -0.2) is 20.5 Å². The predicted octanol–water partition coefficient (Wildman–Crippen LogP) is 2.19. The third-order valence-electron chi connectivity index (χ3n) is 2.81. The molecule has 0 aliphatic heterocycles. The number of aryl methyl sites for hydroxylation is 1. The molecule has 1 aromatic carbocycles. The third-order valence-corrected chi connectivity index (χ3v) is 3.95. The molecular weight excluding hydrogens is 270 g/mol. The molecule has 0 amide bonds. The Kier molecular flexibility index (Phi) is 4.16. The monoisotopic (exact) mass is 284 g/mol. The van der Waals surface area contributed by atoms with Crippen LogP contribution in [0.4, 0.5) is 8.78 Å². The molecule has 1 atom stereocenters. The first-order chi connectivity index (χ1) is 8.99. The molecule has 0 saturated heterocycles. The van der Waals surface area contributed by atoms with Gasteiger partial charge in [-0.3, -0.25) is 0 Å². The first-order valence-electron chi connectivity index (χ1n) is 5.68. The van der Waals surface area contributed by atoms with Crippen LogP contribution in [0.5, 0.6) is 0 Å². The fourth-order valence-electron chi connectivity index (χ4n) is 1.57. The van der Waals surface area contributed by atoms with Crippen molar-refractivity contribution in [3.63, 3.8) is 0 Å². The van der Waals surface area contributed by atoms with E-state index in [1.807, 2.05) is 18.5 Å². The summed E-state index contributed by atoms with van der Waals surface area (Å²) >= 11 is 1.39. The largest absolute Gasteiger partial charge is 0.323 e. The van der Waals surface area contributed by atoms with E-state index in [9.17, 15) is 8.78 Å². The van der Waals surface area contributed by atoms with Crippen molar-refractivity contribution in [1.82, 2.24) is 14.8 Å². The maximum Gasteiger partial charge on any atom is 0.191 e. The van der Waals surface area contributed by atoms with Crippen molar-refractivity contribution in [2.24, 2.45) is 12.8 Å². The Hall–Kier alpha value is -1.47. The molecule has 19 heavy (non-hydrogen) atoms. The van der Waals surface area contributed by atoms with Crippen LogP contribution in [-0.2, 0) is 7.05 Å². The highest BCUT2D eigenvalue weighted by atomic mass is 32.2. The summed E-state index contributed by atoms with van der Waals surface area (Å²) in [5, 5.41) is 8.63. The van der Waals surface area contributed by atoms with E-state index in [1.165, 1.54) is 23.9 Å². The van der Waals surface area contributed by atoms with Gasteiger partial charge in [0.05, 0.1) is 0 Å². The molecule has 0 aliphatic carbocycles. The van der Waals surface area contributed by atoms with Crippen molar-refractivity contribution < 1.29 is 8.78 Å². The summed E-state index contributed by atoms with van der Waals surface area (Å²) in [7, 11) is 1.85. The molecule has 0 radical (unpaired) electrons. The Bertz CT molecular complexity index is 585. The van der Waals surface area contributed by atoms with Gasteiger partial charge in [-0.1, -0.05) is 17.8 Å². The van der Waals surface area contributed by atoms with E-state index in [4.69, 9.17) is 5.73 Å². The first-order valence-corrected chi connectivity index (χ1v) is 6.67. The Morgan fingerprint density at radius 3 is 2.68 bits per heavy atom. The zero-order valence-electron chi connectivity index (χ0n) is 10.6. The minimum atomic E-state index is -0.623. The van der Waals surface area contributed by atoms with E-state index in [2.05, 4.69) is 10.2 Å². The number of rotatable bonds is 4. The molecule has 0 spiro atoms. The molecule has 4 nitrogen and oxygen atoms in total. The lowest BCUT2D eigenvalue weighted by Gasteiger charge is -2.12. The number of halogens is 2. The summed E-state index contributed by atoms with van der Waals surface area (Å²) < 4.78 is 28.2. The lowest BCUT2D eigenvalue weighted by Crippen LogP contribution is -2.15. The summed E-state index contributed by atoms with van der Waals surface area (Å²) in [6.45, 7) is 1.84. The fourth-order valence-corrected chi connectivity index (χ4v) is 2.50. The molecular formula is C12H14F2N4S. The molecule has 1 heterocycles. The summed E-state index contributed by atoms with van der Waals surface area (Å²) in [6, 6.07) is 2.89. The van der Waals surface area contributed by atoms with Crippen LogP contribution in [0.15, 0.2) is 23.4 Å². The average molecular weight is 284 g/mol. The van der Waals surface area contributed by atoms with Crippen LogP contribution in [0.1, 0.15) is 17.4 Å². The second-order valence-corrected chi connectivity index (χ2v) is 5.16. The Morgan fingerprint density at radius 1 is 1.37 bits per heavy atom. The number of hydrogen-bond acceptors (Lipinski definition) is 4. The maximum absolute atomic E-state index is 13.5. The normalized spacial score (nSPS) is 12.7. The number of thioether (sulfide) groups is 1. The van der Waals surface area contributed by atoms with Gasteiger partial charge in [0.1, 0.15) is 17.5 Å². The van der Waals surface area contributed by atoms with Gasteiger partial charge < -0.3 is 10.3 Å². The summed E-state index contributed by atoms with van der Waals surface area (Å²) in [5.41, 5.74) is 6.21. The topological polar surface area (TPSA) is 56.7 Å². The standard InChI is InChI=1S/C12H14F2N4S/c1-7-16-17-12(18(7)2)19-6-11(15)9-4-3-8(13)5-10(9)14/h3-5,11H,6,15H2,1-2H3. The molecule has 7 heteroatoms. The number of benzene rings is 1. The van der Waals surface area contributed by atoms with Crippen LogP contribution in [0, 0.1) is 18.6 Å². The van der Waals surface area contributed by atoms with E-state index in [0.717, 1.165) is 17.0 Å². The maximum atomic E-state index is 13.5. The fraction of sp³-hybridized carbons (Fsp3) is 0.333. The average Bonchev–Trinajstić information content (AvgIpc) is 2.67. The van der Waals surface area contributed by atoms with Crippen molar-refractivity contribution in [3.8, 4) is 0 Å². The molecule has 0 aliphatic rings. The van der Waals surface area contributed by atoms with Crippen LogP contribution < -0.4 is 5.73 Å². The second kappa shape index (κ2) is 5.66. The van der Waals surface area contributed by atoms with Crippen LogP contribution in [0.2, 0.25) is 0 Å². The van der Waals surface area contributed by atoms with Gasteiger partial charge in [0.25, 0.3) is 0 Å². The molecule has 1 aromatic heterocycles. The SMILES string of the molecule is Cc1nnc(SCC(N)c2ccc(F)cc2F)n1C. The third kappa shape index (κ3) is 3.10. The molecule has 0 fully saturated rings. The van der Waals surface area contributed by atoms with Gasteiger partial charge in [-0.25, -0.2) is 8.78 Å².